The molecule has 0 N–H and O–H groups in total. The lowest BCUT2D eigenvalue weighted by Gasteiger charge is -2.14. The first-order valence-electron chi connectivity index (χ1n) is 4.47. The summed E-state index contributed by atoms with van der Waals surface area (Å²) in [5.74, 6) is 0. The van der Waals surface area contributed by atoms with E-state index in [1.807, 2.05) is 0 Å². The average Bonchev–Trinajstić information content (AvgIpc) is 2.27. The zero-order chi connectivity index (χ0) is 13.9. The Labute approximate surface area is 98.1 Å². The van der Waals surface area contributed by atoms with Crippen LogP contribution in [0.25, 0.3) is 0 Å². The van der Waals surface area contributed by atoms with Gasteiger partial charge in [0, 0.05) is 5.56 Å². The number of alkyl halides is 5. The summed E-state index contributed by atoms with van der Waals surface area (Å²) in [5.41, 5.74) is -4.26. The minimum atomic E-state index is -4.93. The Hall–Kier alpha value is -2.22. The summed E-state index contributed by atoms with van der Waals surface area (Å²) >= 11 is 0. The number of hydrogen-bond donors (Lipinski definition) is 0. The Balaban J connectivity index is 3.62. The number of nitriles is 2. The Morgan fingerprint density at radius 3 is 2.28 bits per heavy atom. The number of aromatic nitrogens is 1. The highest BCUT2D eigenvalue weighted by molar-refractivity contribution is 5.40. The van der Waals surface area contributed by atoms with Gasteiger partial charge >= 0.3 is 6.18 Å². The van der Waals surface area contributed by atoms with E-state index in [-0.39, 0.29) is 0 Å². The molecule has 1 heterocycles. The highest BCUT2D eigenvalue weighted by Crippen LogP contribution is 2.36. The van der Waals surface area contributed by atoms with Crippen LogP contribution >= 0.6 is 0 Å². The van der Waals surface area contributed by atoms with Gasteiger partial charge in [0.15, 0.2) is 0 Å². The topological polar surface area (TPSA) is 60.5 Å². The van der Waals surface area contributed by atoms with Gasteiger partial charge in [-0.15, -0.1) is 0 Å². The van der Waals surface area contributed by atoms with Crippen LogP contribution < -0.4 is 0 Å². The first kappa shape index (κ1) is 13.8. The second-order valence-corrected chi connectivity index (χ2v) is 3.16. The van der Waals surface area contributed by atoms with Crippen molar-refractivity contribution < 1.29 is 22.0 Å². The quantitative estimate of drug-likeness (QED) is 0.769. The van der Waals surface area contributed by atoms with E-state index in [0.29, 0.717) is 6.07 Å². The summed E-state index contributed by atoms with van der Waals surface area (Å²) in [7, 11) is 0. The first-order chi connectivity index (χ1) is 8.31. The van der Waals surface area contributed by atoms with Gasteiger partial charge in [0.2, 0.25) is 0 Å². The molecule has 0 saturated heterocycles. The monoisotopic (exact) mass is 261 g/mol. The maximum atomic E-state index is 12.6. The van der Waals surface area contributed by atoms with Crippen LogP contribution in [0.1, 0.15) is 28.9 Å². The van der Waals surface area contributed by atoms with Gasteiger partial charge in [0.1, 0.15) is 17.5 Å². The predicted molar refractivity (Wildman–Crippen MR) is 48.2 cm³/mol. The molecule has 0 atom stereocenters. The molecule has 94 valence electrons. The van der Waals surface area contributed by atoms with E-state index >= 15 is 0 Å². The fourth-order valence-corrected chi connectivity index (χ4v) is 1.35. The van der Waals surface area contributed by atoms with Crippen molar-refractivity contribution in [2.24, 2.45) is 0 Å². The number of hydrogen-bond acceptors (Lipinski definition) is 3. The van der Waals surface area contributed by atoms with Gasteiger partial charge in [0.25, 0.3) is 6.43 Å². The minimum Gasteiger partial charge on any atom is -0.236 e. The molecule has 18 heavy (non-hydrogen) atoms. The third-order valence-corrected chi connectivity index (χ3v) is 2.04. The van der Waals surface area contributed by atoms with Crippen molar-refractivity contribution in [3.8, 4) is 12.1 Å². The molecule has 0 spiro atoms. The van der Waals surface area contributed by atoms with Gasteiger partial charge in [-0.2, -0.15) is 23.7 Å². The molecule has 0 fully saturated rings. The maximum absolute atomic E-state index is 12.6. The SMILES string of the molecule is N#CCc1c(C(F)(F)F)cc(C#N)nc1C(F)F. The minimum absolute atomic E-state index is 0.360. The lowest BCUT2D eigenvalue weighted by Crippen LogP contribution is -2.14. The molecule has 0 aliphatic carbocycles. The van der Waals surface area contributed by atoms with Crippen molar-refractivity contribution in [2.45, 2.75) is 19.0 Å². The van der Waals surface area contributed by atoms with Crippen LogP contribution in [0.2, 0.25) is 0 Å². The fourth-order valence-electron chi connectivity index (χ4n) is 1.35. The standard InChI is InChI=1S/C10H4F5N3/c11-9(12)8-6(1-2-16)7(10(13,14)15)3-5(4-17)18-8/h3,9H,1H2. The van der Waals surface area contributed by atoms with E-state index in [1.54, 1.807) is 0 Å². The molecule has 3 nitrogen and oxygen atoms in total. The smallest absolute Gasteiger partial charge is 0.236 e. The summed E-state index contributed by atoms with van der Waals surface area (Å²) in [5, 5.41) is 16.9. The lowest BCUT2D eigenvalue weighted by molar-refractivity contribution is -0.138. The van der Waals surface area contributed by atoms with Gasteiger partial charge < -0.3 is 0 Å². The Morgan fingerprint density at radius 2 is 1.89 bits per heavy atom. The lowest BCUT2D eigenvalue weighted by atomic mass is 10.0. The molecule has 0 aromatic carbocycles. The molecule has 1 aromatic rings. The van der Waals surface area contributed by atoms with E-state index < -0.39 is 41.5 Å². The molecule has 8 heteroatoms. The fraction of sp³-hybridized carbons (Fsp3) is 0.300. The molecule has 1 aromatic heterocycles. The Morgan fingerprint density at radius 1 is 1.28 bits per heavy atom. The average molecular weight is 261 g/mol. The van der Waals surface area contributed by atoms with Crippen molar-refractivity contribution in [3.05, 3.63) is 28.6 Å². The van der Waals surface area contributed by atoms with Crippen LogP contribution in [0.3, 0.4) is 0 Å². The molecule has 0 saturated carbocycles. The maximum Gasteiger partial charge on any atom is 0.416 e. The molecule has 0 bridgehead atoms. The van der Waals surface area contributed by atoms with Gasteiger partial charge in [-0.05, 0) is 6.07 Å². The zero-order valence-corrected chi connectivity index (χ0v) is 8.59. The summed E-state index contributed by atoms with van der Waals surface area (Å²) in [6.45, 7) is 0. The molecular formula is C10H4F5N3. The second-order valence-electron chi connectivity index (χ2n) is 3.16. The molecule has 0 unspecified atom stereocenters. The molecule has 0 radical (unpaired) electrons. The van der Waals surface area contributed by atoms with E-state index in [1.165, 1.54) is 12.1 Å². The molecule has 0 amide bonds. The number of halogens is 5. The highest BCUT2D eigenvalue weighted by Gasteiger charge is 2.36. The van der Waals surface area contributed by atoms with Gasteiger partial charge in [-0.3, -0.25) is 0 Å². The number of pyridine rings is 1. The third kappa shape index (κ3) is 2.72. The van der Waals surface area contributed by atoms with Crippen LogP contribution in [0, 0.1) is 22.7 Å². The highest BCUT2D eigenvalue weighted by atomic mass is 19.4. The molecule has 0 aliphatic heterocycles. The Kier molecular flexibility index (Phi) is 3.82. The van der Waals surface area contributed by atoms with Crippen LogP contribution in [-0.2, 0) is 12.6 Å². The summed E-state index contributed by atoms with van der Waals surface area (Å²) in [6, 6.07) is 3.01. The summed E-state index contributed by atoms with van der Waals surface area (Å²) in [4.78, 5) is 3.12. The largest absolute Gasteiger partial charge is 0.416 e. The second kappa shape index (κ2) is 4.96. The number of rotatable bonds is 2. The van der Waals surface area contributed by atoms with Crippen LogP contribution in [0.4, 0.5) is 22.0 Å². The van der Waals surface area contributed by atoms with E-state index in [0.717, 1.165) is 0 Å². The van der Waals surface area contributed by atoms with Gasteiger partial charge in [-0.25, -0.2) is 13.8 Å². The summed E-state index contributed by atoms with van der Waals surface area (Å²) < 4.78 is 63.1. The van der Waals surface area contributed by atoms with Crippen molar-refractivity contribution in [2.75, 3.05) is 0 Å². The van der Waals surface area contributed by atoms with Gasteiger partial charge in [-0.1, -0.05) is 0 Å². The van der Waals surface area contributed by atoms with E-state index in [9.17, 15) is 22.0 Å². The van der Waals surface area contributed by atoms with E-state index in [2.05, 4.69) is 4.98 Å². The Bertz CT molecular complexity index is 536. The molecular weight excluding hydrogens is 257 g/mol. The van der Waals surface area contributed by atoms with Crippen molar-refractivity contribution in [1.29, 1.82) is 10.5 Å². The third-order valence-electron chi connectivity index (χ3n) is 2.04. The molecule has 0 aliphatic rings. The first-order valence-corrected chi connectivity index (χ1v) is 4.47. The number of nitrogens with zero attached hydrogens (tertiary/aromatic N) is 3. The summed E-state index contributed by atoms with van der Waals surface area (Å²) in [6.07, 6.45) is -9.07. The predicted octanol–water partition coefficient (Wildman–Crippen LogP) is 2.98. The van der Waals surface area contributed by atoms with Crippen LogP contribution in [0.15, 0.2) is 6.07 Å². The molecule has 1 rings (SSSR count). The zero-order valence-electron chi connectivity index (χ0n) is 8.59. The van der Waals surface area contributed by atoms with E-state index in [4.69, 9.17) is 10.5 Å². The van der Waals surface area contributed by atoms with Crippen molar-refractivity contribution >= 4 is 0 Å². The van der Waals surface area contributed by atoms with Crippen LogP contribution in [0.5, 0.6) is 0 Å². The van der Waals surface area contributed by atoms with Gasteiger partial charge in [0.05, 0.1) is 18.1 Å². The van der Waals surface area contributed by atoms with Crippen molar-refractivity contribution in [3.63, 3.8) is 0 Å². The normalized spacial score (nSPS) is 11.1. The van der Waals surface area contributed by atoms with Crippen LogP contribution in [-0.4, -0.2) is 4.98 Å². The van der Waals surface area contributed by atoms with Crippen molar-refractivity contribution in [1.82, 2.24) is 4.98 Å².